The Balaban J connectivity index is 1.66. The zero-order valence-electron chi connectivity index (χ0n) is 18.6. The van der Waals surface area contributed by atoms with Gasteiger partial charge in [0.25, 0.3) is 11.6 Å². The number of anilines is 1. The molecule has 10 nitrogen and oxygen atoms in total. The van der Waals surface area contributed by atoms with E-state index < -0.39 is 17.5 Å². The van der Waals surface area contributed by atoms with Gasteiger partial charge in [-0.1, -0.05) is 12.1 Å². The summed E-state index contributed by atoms with van der Waals surface area (Å²) in [6, 6.07) is 11.4. The molecule has 33 heavy (non-hydrogen) atoms. The molecule has 0 spiro atoms. The molecule has 0 heterocycles. The highest BCUT2D eigenvalue weighted by molar-refractivity contribution is 5.97. The Morgan fingerprint density at radius 1 is 1.15 bits per heavy atom. The van der Waals surface area contributed by atoms with Gasteiger partial charge in [0.1, 0.15) is 5.75 Å². The molecule has 1 fully saturated rings. The van der Waals surface area contributed by atoms with Gasteiger partial charge >= 0.3 is 5.97 Å². The molecule has 0 radical (unpaired) electrons. The molecule has 1 N–H and O–H groups in total. The lowest BCUT2D eigenvalue weighted by molar-refractivity contribution is -0.384. The third-order valence-electron chi connectivity index (χ3n) is 5.20. The van der Waals surface area contributed by atoms with Crippen LogP contribution >= 0.6 is 0 Å². The van der Waals surface area contributed by atoms with Crippen molar-refractivity contribution in [1.82, 2.24) is 4.90 Å². The number of nitro benzene ring substituents is 1. The van der Waals surface area contributed by atoms with Gasteiger partial charge < -0.3 is 24.4 Å². The molecule has 0 aromatic heterocycles. The first-order chi connectivity index (χ1) is 15.9. The van der Waals surface area contributed by atoms with Crippen molar-refractivity contribution < 1.29 is 28.7 Å². The summed E-state index contributed by atoms with van der Waals surface area (Å²) in [7, 11) is 3.12. The van der Waals surface area contributed by atoms with Crippen LogP contribution in [-0.2, 0) is 20.8 Å². The Labute approximate surface area is 191 Å². The van der Waals surface area contributed by atoms with E-state index >= 15 is 0 Å². The minimum absolute atomic E-state index is 0.0128. The Morgan fingerprint density at radius 3 is 2.48 bits per heavy atom. The number of carbonyl (C=O) groups is 2. The predicted octanol–water partition coefficient (Wildman–Crippen LogP) is 3.01. The topological polar surface area (TPSA) is 120 Å². The fourth-order valence-corrected chi connectivity index (χ4v) is 3.28. The SMILES string of the molecule is COCCNc1ccc([N+](=O)[O-])cc1C(=O)OCC(=O)N(Cc1ccc(OC)cc1)C1CC1. The highest BCUT2D eigenvalue weighted by Gasteiger charge is 2.33. The molecular weight excluding hydrogens is 430 g/mol. The van der Waals surface area contributed by atoms with Crippen molar-refractivity contribution in [2.75, 3.05) is 39.3 Å². The van der Waals surface area contributed by atoms with Gasteiger partial charge in [0.15, 0.2) is 6.61 Å². The Morgan fingerprint density at radius 2 is 1.88 bits per heavy atom. The molecule has 1 aliphatic rings. The zero-order valence-corrected chi connectivity index (χ0v) is 18.6. The second-order valence-corrected chi connectivity index (χ2v) is 7.58. The van der Waals surface area contributed by atoms with Crippen LogP contribution in [0.2, 0.25) is 0 Å². The normalized spacial score (nSPS) is 12.7. The quantitative estimate of drug-likeness (QED) is 0.224. The fraction of sp³-hybridized carbons (Fsp3) is 0.391. The van der Waals surface area contributed by atoms with Crippen molar-refractivity contribution >= 4 is 23.3 Å². The number of nitrogens with one attached hydrogen (secondary N) is 1. The van der Waals surface area contributed by atoms with E-state index in [1.165, 1.54) is 19.2 Å². The smallest absolute Gasteiger partial charge is 0.341 e. The first-order valence-corrected chi connectivity index (χ1v) is 10.5. The van der Waals surface area contributed by atoms with Crippen LogP contribution in [0.5, 0.6) is 5.75 Å². The molecule has 1 aliphatic carbocycles. The van der Waals surface area contributed by atoms with Gasteiger partial charge in [-0.3, -0.25) is 14.9 Å². The highest BCUT2D eigenvalue weighted by Crippen LogP contribution is 2.29. The van der Waals surface area contributed by atoms with Crippen molar-refractivity contribution in [3.05, 3.63) is 63.7 Å². The second-order valence-electron chi connectivity index (χ2n) is 7.58. The molecule has 0 bridgehead atoms. The van der Waals surface area contributed by atoms with Crippen molar-refractivity contribution in [3.8, 4) is 5.75 Å². The minimum Gasteiger partial charge on any atom is -0.497 e. The van der Waals surface area contributed by atoms with Gasteiger partial charge in [0.2, 0.25) is 0 Å². The number of nitro groups is 1. The van der Waals surface area contributed by atoms with E-state index in [0.29, 0.717) is 25.4 Å². The molecule has 1 amide bonds. The van der Waals surface area contributed by atoms with Crippen LogP contribution in [0, 0.1) is 10.1 Å². The van der Waals surface area contributed by atoms with E-state index in [1.807, 2.05) is 24.3 Å². The van der Waals surface area contributed by atoms with Crippen LogP contribution in [0.25, 0.3) is 0 Å². The van der Waals surface area contributed by atoms with Crippen molar-refractivity contribution in [1.29, 1.82) is 0 Å². The summed E-state index contributed by atoms with van der Waals surface area (Å²) in [5.74, 6) is -0.406. The van der Waals surface area contributed by atoms with Crippen molar-refractivity contribution in [3.63, 3.8) is 0 Å². The molecule has 2 aromatic rings. The molecule has 0 atom stereocenters. The Kier molecular flexibility index (Phi) is 8.20. The number of hydrogen-bond donors (Lipinski definition) is 1. The number of rotatable bonds is 12. The molecule has 0 saturated heterocycles. The van der Waals surface area contributed by atoms with E-state index in [0.717, 1.165) is 30.2 Å². The average Bonchev–Trinajstić information content (AvgIpc) is 3.66. The van der Waals surface area contributed by atoms with E-state index in [-0.39, 0.29) is 23.2 Å². The summed E-state index contributed by atoms with van der Waals surface area (Å²) in [5.41, 5.74) is 1.05. The summed E-state index contributed by atoms with van der Waals surface area (Å²) >= 11 is 0. The first kappa shape index (κ1) is 24.0. The number of nitrogens with zero attached hydrogens (tertiary/aromatic N) is 2. The van der Waals surface area contributed by atoms with E-state index in [1.54, 1.807) is 12.0 Å². The summed E-state index contributed by atoms with van der Waals surface area (Å²) in [4.78, 5) is 37.8. The predicted molar refractivity (Wildman–Crippen MR) is 120 cm³/mol. The van der Waals surface area contributed by atoms with E-state index in [9.17, 15) is 19.7 Å². The molecule has 0 aliphatic heterocycles. The van der Waals surface area contributed by atoms with Gasteiger partial charge in [-0.05, 0) is 36.6 Å². The van der Waals surface area contributed by atoms with Crippen LogP contribution in [0.15, 0.2) is 42.5 Å². The lowest BCUT2D eigenvalue weighted by Crippen LogP contribution is -2.36. The molecule has 2 aromatic carbocycles. The molecule has 176 valence electrons. The number of non-ortho nitro benzene ring substituents is 1. The number of hydrogen-bond acceptors (Lipinski definition) is 8. The van der Waals surface area contributed by atoms with Gasteiger partial charge in [-0.2, -0.15) is 0 Å². The lowest BCUT2D eigenvalue weighted by atomic mass is 10.1. The number of methoxy groups -OCH3 is 2. The highest BCUT2D eigenvalue weighted by atomic mass is 16.6. The van der Waals surface area contributed by atoms with Crippen LogP contribution in [0.4, 0.5) is 11.4 Å². The molecular formula is C23H27N3O7. The van der Waals surface area contributed by atoms with Crippen LogP contribution < -0.4 is 10.1 Å². The lowest BCUT2D eigenvalue weighted by Gasteiger charge is -2.22. The number of esters is 1. The number of ether oxygens (including phenoxy) is 3. The van der Waals surface area contributed by atoms with E-state index in [4.69, 9.17) is 14.2 Å². The first-order valence-electron chi connectivity index (χ1n) is 10.5. The van der Waals surface area contributed by atoms with Gasteiger partial charge in [-0.25, -0.2) is 4.79 Å². The van der Waals surface area contributed by atoms with Crippen molar-refractivity contribution in [2.45, 2.75) is 25.4 Å². The Bertz CT molecular complexity index is 990. The summed E-state index contributed by atoms with van der Waals surface area (Å²) in [6.07, 6.45) is 1.79. The monoisotopic (exact) mass is 457 g/mol. The molecule has 10 heteroatoms. The largest absolute Gasteiger partial charge is 0.497 e. The third-order valence-corrected chi connectivity index (χ3v) is 5.20. The maximum Gasteiger partial charge on any atom is 0.341 e. The summed E-state index contributed by atoms with van der Waals surface area (Å²) in [5, 5.41) is 14.1. The van der Waals surface area contributed by atoms with Crippen LogP contribution in [0.1, 0.15) is 28.8 Å². The van der Waals surface area contributed by atoms with Crippen LogP contribution in [-0.4, -0.2) is 61.7 Å². The van der Waals surface area contributed by atoms with E-state index in [2.05, 4.69) is 5.32 Å². The second kappa shape index (κ2) is 11.3. The zero-order chi connectivity index (χ0) is 23.8. The maximum absolute atomic E-state index is 12.8. The van der Waals surface area contributed by atoms with Gasteiger partial charge in [0.05, 0.1) is 24.2 Å². The Hall–Kier alpha value is -3.66. The standard InChI is InChI=1S/C23H27N3O7/c1-31-12-11-24-21-10-7-18(26(29)30)13-20(21)23(28)33-15-22(27)25(17-5-6-17)14-16-3-8-19(32-2)9-4-16/h3-4,7-10,13,17,24H,5-6,11-12,14-15H2,1-2H3. The molecule has 3 rings (SSSR count). The molecule has 1 saturated carbocycles. The summed E-state index contributed by atoms with van der Waals surface area (Å²) in [6.45, 7) is 0.716. The third kappa shape index (κ3) is 6.66. The average molecular weight is 457 g/mol. The molecule has 0 unspecified atom stereocenters. The van der Waals surface area contributed by atoms with Gasteiger partial charge in [-0.15, -0.1) is 0 Å². The van der Waals surface area contributed by atoms with Crippen molar-refractivity contribution in [2.24, 2.45) is 0 Å². The minimum atomic E-state index is -0.813. The maximum atomic E-state index is 12.8. The fourth-order valence-electron chi connectivity index (χ4n) is 3.28. The number of amides is 1. The van der Waals surface area contributed by atoms with Crippen LogP contribution in [0.3, 0.4) is 0 Å². The van der Waals surface area contributed by atoms with Gasteiger partial charge in [0, 0.05) is 44.1 Å². The number of benzene rings is 2. The summed E-state index contributed by atoms with van der Waals surface area (Å²) < 4.78 is 15.4. The number of carbonyl (C=O) groups excluding carboxylic acids is 2.